The summed E-state index contributed by atoms with van der Waals surface area (Å²) in [7, 11) is -1.62. The van der Waals surface area contributed by atoms with E-state index in [0.717, 1.165) is 0 Å². The van der Waals surface area contributed by atoms with Crippen LogP contribution in [0.15, 0.2) is 22.7 Å². The maximum Gasteiger partial charge on any atom is 0.492 e. The molecule has 0 heterocycles. The molecule has 0 aliphatic heterocycles. The summed E-state index contributed by atoms with van der Waals surface area (Å²) in [4.78, 5) is 0. The summed E-state index contributed by atoms with van der Waals surface area (Å²) < 4.78 is 0.694. The van der Waals surface area contributed by atoms with E-state index in [-0.39, 0.29) is 11.2 Å². The standard InChI is InChI=1S/C6H6BBrO3/c8-4-1-2-5(7(10)11)6(9)3-4/h1-3,9-11H. The number of aromatic hydroxyl groups is 1. The molecule has 1 rings (SSSR count). The van der Waals surface area contributed by atoms with Gasteiger partial charge in [-0.2, -0.15) is 0 Å². The number of benzene rings is 1. The van der Waals surface area contributed by atoms with Crippen LogP contribution in [0, 0.1) is 0 Å². The van der Waals surface area contributed by atoms with Crippen LogP contribution in [0.2, 0.25) is 0 Å². The molecule has 1 aromatic carbocycles. The number of hydrogen-bond acceptors (Lipinski definition) is 3. The van der Waals surface area contributed by atoms with Gasteiger partial charge < -0.3 is 15.2 Å². The van der Waals surface area contributed by atoms with Gasteiger partial charge in [0.1, 0.15) is 5.75 Å². The smallest absolute Gasteiger partial charge is 0.492 e. The third-order valence-corrected chi connectivity index (χ3v) is 1.76. The van der Waals surface area contributed by atoms with Gasteiger partial charge in [0.05, 0.1) is 0 Å². The van der Waals surface area contributed by atoms with Crippen molar-refractivity contribution >= 4 is 28.5 Å². The third-order valence-electron chi connectivity index (χ3n) is 1.27. The Labute approximate surface area is 72.6 Å². The first-order valence-corrected chi connectivity index (χ1v) is 3.75. The van der Waals surface area contributed by atoms with Crippen LogP contribution in [-0.2, 0) is 0 Å². The van der Waals surface area contributed by atoms with Gasteiger partial charge in [0, 0.05) is 9.94 Å². The molecule has 0 atom stereocenters. The van der Waals surface area contributed by atoms with Crippen molar-refractivity contribution in [2.24, 2.45) is 0 Å². The molecule has 0 spiro atoms. The first-order valence-electron chi connectivity index (χ1n) is 2.96. The maximum absolute atomic E-state index is 9.11. The number of hydrogen-bond donors (Lipinski definition) is 3. The van der Waals surface area contributed by atoms with E-state index >= 15 is 0 Å². The lowest BCUT2D eigenvalue weighted by molar-refractivity contribution is 0.419. The van der Waals surface area contributed by atoms with Crippen molar-refractivity contribution in [2.45, 2.75) is 0 Å². The van der Waals surface area contributed by atoms with Gasteiger partial charge >= 0.3 is 7.12 Å². The van der Waals surface area contributed by atoms with Crippen molar-refractivity contribution in [3.63, 3.8) is 0 Å². The topological polar surface area (TPSA) is 60.7 Å². The molecule has 1 aromatic rings. The summed E-state index contributed by atoms with van der Waals surface area (Å²) in [5.41, 5.74) is 0.105. The van der Waals surface area contributed by atoms with Gasteiger partial charge in [0.25, 0.3) is 0 Å². The van der Waals surface area contributed by atoms with E-state index in [1.165, 1.54) is 12.1 Å². The Kier molecular flexibility index (Phi) is 2.54. The lowest BCUT2D eigenvalue weighted by Crippen LogP contribution is -2.29. The molecule has 5 heteroatoms. The molecule has 0 aliphatic carbocycles. The molecule has 0 bridgehead atoms. The van der Waals surface area contributed by atoms with Gasteiger partial charge in [0.2, 0.25) is 0 Å². The molecule has 0 unspecified atom stereocenters. The Balaban J connectivity index is 3.09. The average molecular weight is 217 g/mol. The highest BCUT2D eigenvalue weighted by Crippen LogP contribution is 2.14. The Morgan fingerprint density at radius 2 is 1.91 bits per heavy atom. The highest BCUT2D eigenvalue weighted by molar-refractivity contribution is 9.10. The molecular weight excluding hydrogens is 211 g/mol. The molecular formula is C6H6BBrO3. The summed E-state index contributed by atoms with van der Waals surface area (Å²) in [6, 6.07) is 4.45. The van der Waals surface area contributed by atoms with Crippen molar-refractivity contribution in [3.8, 4) is 5.75 Å². The molecule has 11 heavy (non-hydrogen) atoms. The minimum Gasteiger partial charge on any atom is -0.508 e. The zero-order chi connectivity index (χ0) is 8.43. The molecule has 58 valence electrons. The molecule has 0 saturated heterocycles. The summed E-state index contributed by atoms with van der Waals surface area (Å²) in [5, 5.41) is 26.5. The second kappa shape index (κ2) is 3.25. The fraction of sp³-hybridized carbons (Fsp3) is 0. The molecule has 0 radical (unpaired) electrons. The van der Waals surface area contributed by atoms with E-state index in [2.05, 4.69) is 15.9 Å². The highest BCUT2D eigenvalue weighted by atomic mass is 79.9. The van der Waals surface area contributed by atoms with Crippen LogP contribution in [0.3, 0.4) is 0 Å². The fourth-order valence-corrected chi connectivity index (χ4v) is 1.08. The van der Waals surface area contributed by atoms with E-state index < -0.39 is 7.12 Å². The van der Waals surface area contributed by atoms with Crippen molar-refractivity contribution in [1.29, 1.82) is 0 Å². The van der Waals surface area contributed by atoms with Gasteiger partial charge in [0.15, 0.2) is 0 Å². The van der Waals surface area contributed by atoms with Gasteiger partial charge in [-0.3, -0.25) is 0 Å². The van der Waals surface area contributed by atoms with Crippen LogP contribution in [0.25, 0.3) is 0 Å². The number of phenolic OH excluding ortho intramolecular Hbond substituents is 1. The molecule has 0 aliphatic rings. The predicted molar refractivity (Wildman–Crippen MR) is 45.6 cm³/mol. The minimum absolute atomic E-state index is 0.105. The molecule has 0 aromatic heterocycles. The SMILES string of the molecule is OB(O)c1ccc(Br)cc1O. The van der Waals surface area contributed by atoms with Gasteiger partial charge in [-0.25, -0.2) is 0 Å². The molecule has 3 nitrogen and oxygen atoms in total. The van der Waals surface area contributed by atoms with Crippen LogP contribution in [0.1, 0.15) is 0 Å². The average Bonchev–Trinajstić information content (AvgIpc) is 1.85. The first-order chi connectivity index (χ1) is 5.11. The number of halogens is 1. The zero-order valence-electron chi connectivity index (χ0n) is 5.53. The van der Waals surface area contributed by atoms with Gasteiger partial charge in [-0.1, -0.05) is 22.0 Å². The predicted octanol–water partition coefficient (Wildman–Crippen LogP) is -0.166. The number of phenols is 1. The Morgan fingerprint density at radius 1 is 1.27 bits per heavy atom. The molecule has 0 amide bonds. The number of rotatable bonds is 1. The largest absolute Gasteiger partial charge is 0.508 e. The molecule has 0 saturated carbocycles. The normalized spacial score (nSPS) is 9.73. The van der Waals surface area contributed by atoms with Crippen LogP contribution in [0.5, 0.6) is 5.75 Å². The van der Waals surface area contributed by atoms with Crippen molar-refractivity contribution < 1.29 is 15.2 Å². The summed E-state index contributed by atoms with van der Waals surface area (Å²) in [5.74, 6) is -0.130. The second-order valence-electron chi connectivity index (χ2n) is 2.08. The van der Waals surface area contributed by atoms with Crippen molar-refractivity contribution in [1.82, 2.24) is 0 Å². The Morgan fingerprint density at radius 3 is 2.36 bits per heavy atom. The first kappa shape index (κ1) is 8.58. The molecule has 3 N–H and O–H groups in total. The van der Waals surface area contributed by atoms with E-state index in [0.29, 0.717) is 4.47 Å². The summed E-state index contributed by atoms with van der Waals surface area (Å²) >= 11 is 3.12. The van der Waals surface area contributed by atoms with E-state index in [1.54, 1.807) is 6.07 Å². The Bertz CT molecular complexity index is 264. The summed E-state index contributed by atoms with van der Waals surface area (Å²) in [6.45, 7) is 0. The van der Waals surface area contributed by atoms with Gasteiger partial charge in [-0.05, 0) is 12.1 Å². The highest BCUT2D eigenvalue weighted by Gasteiger charge is 2.14. The maximum atomic E-state index is 9.11. The summed E-state index contributed by atoms with van der Waals surface area (Å²) in [6.07, 6.45) is 0. The van der Waals surface area contributed by atoms with Crippen molar-refractivity contribution in [3.05, 3.63) is 22.7 Å². The monoisotopic (exact) mass is 216 g/mol. The van der Waals surface area contributed by atoms with E-state index in [4.69, 9.17) is 15.2 Å². The van der Waals surface area contributed by atoms with Gasteiger partial charge in [-0.15, -0.1) is 0 Å². The second-order valence-corrected chi connectivity index (χ2v) is 2.99. The van der Waals surface area contributed by atoms with Crippen molar-refractivity contribution in [2.75, 3.05) is 0 Å². The van der Waals surface area contributed by atoms with Crippen LogP contribution in [0.4, 0.5) is 0 Å². The zero-order valence-corrected chi connectivity index (χ0v) is 7.12. The van der Waals surface area contributed by atoms with Crippen LogP contribution >= 0.6 is 15.9 Å². The fourth-order valence-electron chi connectivity index (χ4n) is 0.735. The Hall–Kier alpha value is -0.515. The van der Waals surface area contributed by atoms with Crippen LogP contribution < -0.4 is 5.46 Å². The minimum atomic E-state index is -1.62. The van der Waals surface area contributed by atoms with E-state index in [9.17, 15) is 0 Å². The quantitative estimate of drug-likeness (QED) is 0.572. The third kappa shape index (κ3) is 1.96. The molecule has 0 fully saturated rings. The lowest BCUT2D eigenvalue weighted by Gasteiger charge is -2.01. The lowest BCUT2D eigenvalue weighted by atomic mass is 9.80. The van der Waals surface area contributed by atoms with Crippen LogP contribution in [-0.4, -0.2) is 22.3 Å². The van der Waals surface area contributed by atoms with E-state index in [1.807, 2.05) is 0 Å².